The number of carbonyl (C=O) groups is 1. The monoisotopic (exact) mass is 509 g/mol. The van der Waals surface area contributed by atoms with Crippen LogP contribution in [0.1, 0.15) is 23.0 Å². The number of esters is 1. The molecule has 4 aromatic rings. The molecule has 186 valence electrons. The number of aromatic nitrogens is 1. The van der Waals surface area contributed by atoms with Crippen molar-refractivity contribution in [2.75, 3.05) is 18.4 Å². The Hall–Kier alpha value is -4.38. The number of nitro groups is 1. The Bertz CT molecular complexity index is 1560. The summed E-state index contributed by atoms with van der Waals surface area (Å²) in [6.07, 6.45) is 0. The van der Waals surface area contributed by atoms with Crippen molar-refractivity contribution in [3.05, 3.63) is 88.1 Å². The number of fused-ring (bicyclic) bond motifs is 1. The van der Waals surface area contributed by atoms with E-state index in [1.807, 2.05) is 16.7 Å². The lowest BCUT2D eigenvalue weighted by molar-refractivity contribution is -0.384. The second-order valence-electron chi connectivity index (χ2n) is 7.80. The molecular formula is C25H23N3O7S. The fraction of sp³-hybridized carbons (Fsp3) is 0.160. The number of hydrogen-bond donors (Lipinski definition) is 1. The number of sulfonamides is 1. The largest absolute Gasteiger partial charge is 0.497 e. The van der Waals surface area contributed by atoms with Gasteiger partial charge in [0.15, 0.2) is 0 Å². The summed E-state index contributed by atoms with van der Waals surface area (Å²) in [5.41, 5.74) is 2.41. The minimum atomic E-state index is -4.04. The Morgan fingerprint density at radius 3 is 2.31 bits per heavy atom. The van der Waals surface area contributed by atoms with Crippen LogP contribution in [0.15, 0.2) is 71.6 Å². The maximum absolute atomic E-state index is 12.9. The van der Waals surface area contributed by atoms with Crippen LogP contribution in [0.2, 0.25) is 0 Å². The molecule has 4 rings (SSSR count). The van der Waals surface area contributed by atoms with Gasteiger partial charge in [0.1, 0.15) is 5.75 Å². The minimum Gasteiger partial charge on any atom is -0.497 e. The van der Waals surface area contributed by atoms with E-state index in [0.29, 0.717) is 27.9 Å². The molecule has 0 fully saturated rings. The predicted octanol–water partition coefficient (Wildman–Crippen LogP) is 4.83. The van der Waals surface area contributed by atoms with E-state index >= 15 is 0 Å². The van der Waals surface area contributed by atoms with Gasteiger partial charge in [0.25, 0.3) is 15.7 Å². The van der Waals surface area contributed by atoms with Crippen molar-refractivity contribution in [1.29, 1.82) is 0 Å². The lowest BCUT2D eigenvalue weighted by atomic mass is 10.1. The zero-order valence-electron chi connectivity index (χ0n) is 19.7. The molecule has 1 N–H and O–H groups in total. The summed E-state index contributed by atoms with van der Waals surface area (Å²) >= 11 is 0. The third-order valence-electron chi connectivity index (χ3n) is 5.62. The second kappa shape index (κ2) is 9.70. The van der Waals surface area contributed by atoms with Crippen molar-refractivity contribution in [2.24, 2.45) is 0 Å². The number of hydrogen-bond acceptors (Lipinski definition) is 7. The second-order valence-corrected chi connectivity index (χ2v) is 9.49. The highest BCUT2D eigenvalue weighted by Crippen LogP contribution is 2.33. The van der Waals surface area contributed by atoms with Crippen LogP contribution in [0, 0.1) is 17.0 Å². The van der Waals surface area contributed by atoms with Gasteiger partial charge in [-0.05, 0) is 68.4 Å². The SMILES string of the molecule is CCOC(=O)c1c(C)n(-c2ccc(OC)cc2)c2ccc(NS(=O)(=O)c3ccc([N+](=O)[O-])cc3)cc12. The number of rotatable bonds is 8. The summed E-state index contributed by atoms with van der Waals surface area (Å²) in [6, 6.07) is 16.7. The summed E-state index contributed by atoms with van der Waals surface area (Å²) in [7, 11) is -2.47. The molecule has 0 spiro atoms. The number of ether oxygens (including phenoxy) is 2. The highest BCUT2D eigenvalue weighted by Gasteiger charge is 2.23. The van der Waals surface area contributed by atoms with Crippen molar-refractivity contribution in [3.63, 3.8) is 0 Å². The first-order valence-electron chi connectivity index (χ1n) is 10.9. The highest BCUT2D eigenvalue weighted by molar-refractivity contribution is 7.92. The summed E-state index contributed by atoms with van der Waals surface area (Å²) in [4.78, 5) is 23.0. The van der Waals surface area contributed by atoms with Crippen molar-refractivity contribution in [3.8, 4) is 11.4 Å². The Morgan fingerprint density at radius 1 is 1.06 bits per heavy atom. The molecule has 0 amide bonds. The fourth-order valence-corrected chi connectivity index (χ4v) is 5.02. The van der Waals surface area contributed by atoms with Crippen LogP contribution in [0.25, 0.3) is 16.6 Å². The maximum atomic E-state index is 12.9. The third kappa shape index (κ3) is 4.60. The maximum Gasteiger partial charge on any atom is 0.340 e. The topological polar surface area (TPSA) is 130 Å². The molecule has 0 saturated heterocycles. The quantitative estimate of drug-likeness (QED) is 0.204. The van der Waals surface area contributed by atoms with E-state index in [2.05, 4.69) is 4.72 Å². The van der Waals surface area contributed by atoms with Gasteiger partial charge < -0.3 is 14.0 Å². The zero-order chi connectivity index (χ0) is 26.0. The van der Waals surface area contributed by atoms with Gasteiger partial charge in [0, 0.05) is 34.6 Å². The minimum absolute atomic E-state index is 0.134. The van der Waals surface area contributed by atoms with Crippen LogP contribution in [-0.4, -0.2) is 37.6 Å². The Kier molecular flexibility index (Phi) is 6.67. The molecule has 0 aliphatic carbocycles. The number of nitrogens with zero attached hydrogens (tertiary/aromatic N) is 2. The van der Waals surface area contributed by atoms with Gasteiger partial charge in [-0.2, -0.15) is 0 Å². The number of anilines is 1. The summed E-state index contributed by atoms with van der Waals surface area (Å²) in [5.74, 6) is 0.157. The van der Waals surface area contributed by atoms with Crippen molar-refractivity contribution in [1.82, 2.24) is 4.57 Å². The first-order chi connectivity index (χ1) is 17.2. The molecule has 0 unspecified atom stereocenters. The Balaban J connectivity index is 1.80. The lowest BCUT2D eigenvalue weighted by Crippen LogP contribution is -2.13. The molecule has 1 heterocycles. The first-order valence-corrected chi connectivity index (χ1v) is 12.4. The van der Waals surface area contributed by atoms with E-state index < -0.39 is 20.9 Å². The van der Waals surface area contributed by atoms with E-state index in [0.717, 1.165) is 30.0 Å². The normalized spacial score (nSPS) is 11.3. The number of non-ortho nitro benzene ring substituents is 1. The van der Waals surface area contributed by atoms with Gasteiger partial charge in [-0.25, -0.2) is 13.2 Å². The highest BCUT2D eigenvalue weighted by atomic mass is 32.2. The van der Waals surface area contributed by atoms with E-state index in [1.54, 1.807) is 51.3 Å². The van der Waals surface area contributed by atoms with Crippen LogP contribution in [0.4, 0.5) is 11.4 Å². The molecule has 0 radical (unpaired) electrons. The van der Waals surface area contributed by atoms with E-state index in [1.165, 1.54) is 0 Å². The van der Waals surface area contributed by atoms with Crippen LogP contribution in [-0.2, 0) is 14.8 Å². The fourth-order valence-electron chi connectivity index (χ4n) is 3.97. The number of benzene rings is 3. The van der Waals surface area contributed by atoms with Crippen LogP contribution >= 0.6 is 0 Å². The molecule has 0 saturated carbocycles. The summed E-state index contributed by atoms with van der Waals surface area (Å²) in [5, 5.41) is 11.4. The number of carbonyl (C=O) groups excluding carboxylic acids is 1. The molecule has 10 nitrogen and oxygen atoms in total. The van der Waals surface area contributed by atoms with Gasteiger partial charge >= 0.3 is 5.97 Å². The molecule has 0 aliphatic heterocycles. The van der Waals surface area contributed by atoms with Crippen molar-refractivity contribution in [2.45, 2.75) is 18.7 Å². The molecule has 0 bridgehead atoms. The molecule has 0 aliphatic rings. The van der Waals surface area contributed by atoms with Gasteiger partial charge in [-0.1, -0.05) is 0 Å². The predicted molar refractivity (Wildman–Crippen MR) is 134 cm³/mol. The van der Waals surface area contributed by atoms with Crippen molar-refractivity contribution >= 4 is 38.3 Å². The Morgan fingerprint density at radius 2 is 1.72 bits per heavy atom. The summed E-state index contributed by atoms with van der Waals surface area (Å²) in [6.45, 7) is 3.68. The average molecular weight is 510 g/mol. The third-order valence-corrected chi connectivity index (χ3v) is 7.02. The van der Waals surface area contributed by atoms with E-state index in [4.69, 9.17) is 9.47 Å². The summed E-state index contributed by atoms with van der Waals surface area (Å²) < 4.78 is 40.7. The van der Waals surface area contributed by atoms with Crippen molar-refractivity contribution < 1.29 is 27.6 Å². The number of nitrogens with one attached hydrogen (secondary N) is 1. The van der Waals surface area contributed by atoms with Gasteiger partial charge in [0.05, 0.1) is 34.6 Å². The number of methoxy groups -OCH3 is 1. The molecule has 11 heteroatoms. The molecule has 1 aromatic heterocycles. The number of nitro benzene ring substituents is 1. The van der Waals surface area contributed by atoms with Crippen LogP contribution < -0.4 is 9.46 Å². The van der Waals surface area contributed by atoms with Gasteiger partial charge in [-0.3, -0.25) is 14.8 Å². The standard InChI is InChI=1S/C25H23N3O7S/c1-4-35-25(29)24-16(2)27(18-6-10-20(34-3)11-7-18)23-14-5-17(15-22(23)24)26-36(32,33)21-12-8-19(9-13-21)28(30)31/h5-15,26H,4H2,1-3H3. The Labute approximate surface area is 207 Å². The molecule has 36 heavy (non-hydrogen) atoms. The average Bonchev–Trinajstić information content (AvgIpc) is 3.15. The molecule has 0 atom stereocenters. The zero-order valence-corrected chi connectivity index (χ0v) is 20.5. The van der Waals surface area contributed by atoms with Gasteiger partial charge in [-0.15, -0.1) is 0 Å². The molecular weight excluding hydrogens is 486 g/mol. The van der Waals surface area contributed by atoms with Crippen LogP contribution in [0.3, 0.4) is 0 Å². The first kappa shape index (κ1) is 24.7. The van der Waals surface area contributed by atoms with Gasteiger partial charge in [0.2, 0.25) is 0 Å². The molecule has 3 aromatic carbocycles. The smallest absolute Gasteiger partial charge is 0.340 e. The van der Waals surface area contributed by atoms with Crippen LogP contribution in [0.5, 0.6) is 5.75 Å². The van der Waals surface area contributed by atoms with E-state index in [-0.39, 0.29) is 22.9 Å². The lowest BCUT2D eigenvalue weighted by Gasteiger charge is -2.11. The van der Waals surface area contributed by atoms with E-state index in [9.17, 15) is 23.3 Å².